The maximum Gasteiger partial charge on any atom is 0.308 e. The van der Waals surface area contributed by atoms with Crippen molar-refractivity contribution >= 4 is 17.9 Å². The Morgan fingerprint density at radius 1 is 1.21 bits per heavy atom. The molecular weight excluding hydrogens is 306 g/mol. The van der Waals surface area contributed by atoms with E-state index in [-0.39, 0.29) is 0 Å². The lowest BCUT2D eigenvalue weighted by Gasteiger charge is -2.21. The second kappa shape index (κ2) is 7.17. The van der Waals surface area contributed by atoms with Crippen molar-refractivity contribution in [3.05, 3.63) is 59.7 Å². The van der Waals surface area contributed by atoms with Gasteiger partial charge in [-0.05, 0) is 24.1 Å². The molecule has 5 nitrogen and oxygen atoms in total. The van der Waals surface area contributed by atoms with E-state index in [0.717, 1.165) is 17.5 Å². The first-order chi connectivity index (χ1) is 11.7. The van der Waals surface area contributed by atoms with Crippen molar-refractivity contribution in [2.45, 2.75) is 13.0 Å². The van der Waals surface area contributed by atoms with Crippen molar-refractivity contribution in [3.63, 3.8) is 0 Å². The van der Waals surface area contributed by atoms with Crippen LogP contribution in [0.4, 0.5) is 5.69 Å². The monoisotopic (exact) mass is 325 g/mol. The molecule has 1 atom stereocenters. The number of rotatable bonds is 6. The lowest BCUT2D eigenvalue weighted by Crippen LogP contribution is -2.23. The van der Waals surface area contributed by atoms with Crippen LogP contribution in [0, 0.1) is 5.92 Å². The van der Waals surface area contributed by atoms with E-state index in [1.54, 1.807) is 6.07 Å². The summed E-state index contributed by atoms with van der Waals surface area (Å²) in [6, 6.07) is 15.2. The van der Waals surface area contributed by atoms with E-state index in [2.05, 4.69) is 0 Å². The highest BCUT2D eigenvalue weighted by atomic mass is 16.5. The third-order valence-corrected chi connectivity index (χ3v) is 4.28. The van der Waals surface area contributed by atoms with Gasteiger partial charge in [0.25, 0.3) is 0 Å². The summed E-state index contributed by atoms with van der Waals surface area (Å²) >= 11 is 0. The molecule has 24 heavy (non-hydrogen) atoms. The van der Waals surface area contributed by atoms with Crippen LogP contribution in [0.1, 0.15) is 22.3 Å². The van der Waals surface area contributed by atoms with E-state index in [9.17, 15) is 9.59 Å². The van der Waals surface area contributed by atoms with Crippen LogP contribution in [0.3, 0.4) is 0 Å². The normalized spacial score (nSPS) is 16.8. The van der Waals surface area contributed by atoms with Gasteiger partial charge in [0.2, 0.25) is 0 Å². The highest BCUT2D eigenvalue weighted by Gasteiger charge is 2.29. The van der Waals surface area contributed by atoms with E-state index < -0.39 is 11.9 Å². The largest absolute Gasteiger partial charge is 0.488 e. The van der Waals surface area contributed by atoms with Crippen LogP contribution in [-0.2, 0) is 11.4 Å². The highest BCUT2D eigenvalue weighted by molar-refractivity contribution is 5.89. The molecule has 124 valence electrons. The minimum atomic E-state index is -0.790. The first-order valence-corrected chi connectivity index (χ1v) is 7.91. The van der Waals surface area contributed by atoms with Gasteiger partial charge in [0.15, 0.2) is 6.29 Å². The van der Waals surface area contributed by atoms with E-state index in [1.807, 2.05) is 47.4 Å². The third-order valence-electron chi connectivity index (χ3n) is 4.28. The molecule has 1 N–H and O–H groups in total. The molecule has 2 aromatic carbocycles. The minimum Gasteiger partial charge on any atom is -0.488 e. The summed E-state index contributed by atoms with van der Waals surface area (Å²) in [5.74, 6) is -0.662. The Kier molecular flexibility index (Phi) is 4.79. The van der Waals surface area contributed by atoms with E-state index in [0.29, 0.717) is 37.4 Å². The van der Waals surface area contributed by atoms with Gasteiger partial charge in [-0.25, -0.2) is 0 Å². The molecule has 0 bridgehead atoms. The standard InChI is InChI=1S/C19H19NO4/c21-12-16-17(20-10-9-15(11-20)19(22)23)7-4-8-18(16)24-13-14-5-2-1-3-6-14/h1-8,12,15H,9-11,13H2,(H,22,23). The number of hydrogen-bond acceptors (Lipinski definition) is 4. The number of carbonyl (C=O) groups is 2. The van der Waals surface area contributed by atoms with Crippen molar-refractivity contribution in [2.24, 2.45) is 5.92 Å². The van der Waals surface area contributed by atoms with Gasteiger partial charge in [0, 0.05) is 13.1 Å². The topological polar surface area (TPSA) is 66.8 Å². The summed E-state index contributed by atoms with van der Waals surface area (Å²) in [6.45, 7) is 1.42. The maximum absolute atomic E-state index is 11.6. The van der Waals surface area contributed by atoms with Crippen LogP contribution in [0.25, 0.3) is 0 Å². The highest BCUT2D eigenvalue weighted by Crippen LogP contribution is 2.32. The number of aliphatic carboxylic acids is 1. The molecule has 0 aromatic heterocycles. The van der Waals surface area contributed by atoms with Crippen molar-refractivity contribution in [3.8, 4) is 5.75 Å². The SMILES string of the molecule is O=Cc1c(OCc2ccccc2)cccc1N1CCC(C(=O)O)C1. The Balaban J connectivity index is 1.79. The molecule has 0 saturated carbocycles. The summed E-state index contributed by atoms with van der Waals surface area (Å²) in [4.78, 5) is 24.7. The molecule has 3 rings (SSSR count). The number of aldehydes is 1. The van der Waals surface area contributed by atoms with Crippen molar-refractivity contribution < 1.29 is 19.4 Å². The average molecular weight is 325 g/mol. The molecule has 1 aliphatic rings. The van der Waals surface area contributed by atoms with Gasteiger partial charge in [-0.1, -0.05) is 36.4 Å². The first kappa shape index (κ1) is 16.1. The summed E-state index contributed by atoms with van der Waals surface area (Å²) in [5.41, 5.74) is 2.23. The molecule has 0 aliphatic carbocycles. The molecule has 0 amide bonds. The minimum absolute atomic E-state index is 0.378. The molecular formula is C19H19NO4. The van der Waals surface area contributed by atoms with Gasteiger partial charge >= 0.3 is 5.97 Å². The molecule has 0 radical (unpaired) electrons. The molecule has 1 heterocycles. The number of carboxylic acid groups (broad SMARTS) is 1. The van der Waals surface area contributed by atoms with Gasteiger partial charge in [-0.3, -0.25) is 9.59 Å². The maximum atomic E-state index is 11.6. The Labute approximate surface area is 140 Å². The fourth-order valence-corrected chi connectivity index (χ4v) is 2.97. The number of carbonyl (C=O) groups excluding carboxylic acids is 1. The van der Waals surface area contributed by atoms with Crippen LogP contribution in [-0.4, -0.2) is 30.5 Å². The summed E-state index contributed by atoms with van der Waals surface area (Å²) < 4.78 is 5.81. The molecule has 5 heteroatoms. The lowest BCUT2D eigenvalue weighted by molar-refractivity contribution is -0.140. The van der Waals surface area contributed by atoms with Gasteiger partial charge in [0.05, 0.1) is 17.2 Å². The van der Waals surface area contributed by atoms with E-state index in [1.165, 1.54) is 0 Å². The van der Waals surface area contributed by atoms with Crippen LogP contribution >= 0.6 is 0 Å². The smallest absolute Gasteiger partial charge is 0.308 e. The Hall–Kier alpha value is -2.82. The van der Waals surface area contributed by atoms with Gasteiger partial charge in [-0.2, -0.15) is 0 Å². The molecule has 1 saturated heterocycles. The third kappa shape index (κ3) is 3.40. The van der Waals surface area contributed by atoms with Crippen molar-refractivity contribution in [1.29, 1.82) is 0 Å². The number of hydrogen-bond donors (Lipinski definition) is 1. The van der Waals surface area contributed by atoms with Crippen LogP contribution < -0.4 is 9.64 Å². The fourth-order valence-electron chi connectivity index (χ4n) is 2.97. The number of carboxylic acids is 1. The average Bonchev–Trinajstić information content (AvgIpc) is 3.10. The fraction of sp³-hybridized carbons (Fsp3) is 0.263. The predicted octanol–water partition coefficient (Wildman–Crippen LogP) is 2.99. The molecule has 1 unspecified atom stereocenters. The van der Waals surface area contributed by atoms with Gasteiger partial charge in [-0.15, -0.1) is 0 Å². The predicted molar refractivity (Wildman–Crippen MR) is 90.6 cm³/mol. The second-order valence-electron chi connectivity index (χ2n) is 5.85. The quantitative estimate of drug-likeness (QED) is 0.827. The van der Waals surface area contributed by atoms with Crippen LogP contribution in [0.5, 0.6) is 5.75 Å². The Morgan fingerprint density at radius 3 is 2.67 bits per heavy atom. The van der Waals surface area contributed by atoms with Crippen LogP contribution in [0.15, 0.2) is 48.5 Å². The molecule has 2 aromatic rings. The van der Waals surface area contributed by atoms with Crippen molar-refractivity contribution in [2.75, 3.05) is 18.0 Å². The Morgan fingerprint density at radius 2 is 2.00 bits per heavy atom. The molecule has 1 fully saturated rings. The first-order valence-electron chi connectivity index (χ1n) is 7.91. The molecule has 0 spiro atoms. The molecule has 1 aliphatic heterocycles. The van der Waals surface area contributed by atoms with E-state index >= 15 is 0 Å². The van der Waals surface area contributed by atoms with E-state index in [4.69, 9.17) is 9.84 Å². The van der Waals surface area contributed by atoms with Crippen LogP contribution in [0.2, 0.25) is 0 Å². The zero-order chi connectivity index (χ0) is 16.9. The number of nitrogens with zero attached hydrogens (tertiary/aromatic N) is 1. The van der Waals surface area contributed by atoms with Crippen molar-refractivity contribution in [1.82, 2.24) is 0 Å². The zero-order valence-electron chi connectivity index (χ0n) is 13.2. The number of ether oxygens (including phenoxy) is 1. The summed E-state index contributed by atoms with van der Waals surface area (Å²) in [7, 11) is 0. The number of anilines is 1. The zero-order valence-corrected chi connectivity index (χ0v) is 13.2. The summed E-state index contributed by atoms with van der Waals surface area (Å²) in [5, 5.41) is 9.15. The Bertz CT molecular complexity index is 729. The lowest BCUT2D eigenvalue weighted by atomic mass is 10.1. The second-order valence-corrected chi connectivity index (χ2v) is 5.85. The van der Waals surface area contributed by atoms with Gasteiger partial charge < -0.3 is 14.7 Å². The van der Waals surface area contributed by atoms with Gasteiger partial charge in [0.1, 0.15) is 12.4 Å². The summed E-state index contributed by atoms with van der Waals surface area (Å²) in [6.07, 6.45) is 1.37. The number of benzene rings is 2.